The Bertz CT molecular complexity index is 1360. The van der Waals surface area contributed by atoms with Crippen molar-refractivity contribution in [2.75, 3.05) is 18.9 Å². The third-order valence-electron chi connectivity index (χ3n) is 6.19. The Morgan fingerprint density at radius 1 is 1.19 bits per heavy atom. The molecule has 1 aromatic heterocycles. The van der Waals surface area contributed by atoms with Gasteiger partial charge >= 0.3 is 0 Å². The summed E-state index contributed by atoms with van der Waals surface area (Å²) >= 11 is 0. The third-order valence-corrected chi connectivity index (χ3v) is 6.19. The topological polar surface area (TPSA) is 111 Å². The number of halogens is 2. The molecular weight excluding hydrogens is 478 g/mol. The molecule has 0 spiro atoms. The molecule has 3 aromatic rings. The van der Waals surface area contributed by atoms with E-state index in [0.29, 0.717) is 24.5 Å². The number of alkyl halides is 2. The summed E-state index contributed by atoms with van der Waals surface area (Å²) in [6.07, 6.45) is 2.16. The summed E-state index contributed by atoms with van der Waals surface area (Å²) in [5, 5.41) is 8.44. The van der Waals surface area contributed by atoms with E-state index in [4.69, 9.17) is 0 Å². The molecule has 0 atom stereocenters. The van der Waals surface area contributed by atoms with Gasteiger partial charge < -0.3 is 20.9 Å². The minimum Gasteiger partial charge on any atom is -0.386 e. The number of rotatable bonds is 8. The van der Waals surface area contributed by atoms with Gasteiger partial charge in [-0.15, -0.1) is 0 Å². The zero-order valence-electron chi connectivity index (χ0n) is 20.4. The molecule has 1 fully saturated rings. The van der Waals surface area contributed by atoms with Gasteiger partial charge in [0.05, 0.1) is 35.5 Å². The number of carbonyl (C=O) groups excluding carboxylic acids is 2. The number of carbonyl (C=O) groups is 2. The number of H-pyrrole nitrogens is 1. The molecule has 2 aromatic carbocycles. The summed E-state index contributed by atoms with van der Waals surface area (Å²) in [5.41, 5.74) is 4.71. The number of imidazole rings is 1. The second-order valence-corrected chi connectivity index (χ2v) is 8.83. The largest absolute Gasteiger partial charge is 0.386 e. The monoisotopic (exact) mass is 506 g/mol. The van der Waals surface area contributed by atoms with Gasteiger partial charge in [-0.05, 0) is 49.2 Å². The van der Waals surface area contributed by atoms with Gasteiger partial charge in [-0.1, -0.05) is 11.8 Å². The quantitative estimate of drug-likeness (QED) is 0.211. The molecule has 0 unspecified atom stereocenters. The lowest BCUT2D eigenvalue weighted by atomic mass is 9.86. The molecule has 0 aliphatic heterocycles. The highest BCUT2D eigenvalue weighted by Gasteiger charge is 2.37. The molecule has 2 amide bonds. The van der Waals surface area contributed by atoms with E-state index in [1.165, 1.54) is 0 Å². The number of amides is 2. The van der Waals surface area contributed by atoms with Crippen LogP contribution in [0.1, 0.15) is 42.6 Å². The van der Waals surface area contributed by atoms with Crippen LogP contribution in [-0.2, 0) is 16.1 Å². The Morgan fingerprint density at radius 3 is 2.65 bits per heavy atom. The molecule has 0 saturated heterocycles. The van der Waals surface area contributed by atoms with E-state index >= 15 is 0 Å². The summed E-state index contributed by atoms with van der Waals surface area (Å²) in [7, 11) is 1.79. The van der Waals surface area contributed by atoms with Crippen molar-refractivity contribution in [2.45, 2.75) is 38.2 Å². The van der Waals surface area contributed by atoms with Gasteiger partial charge in [-0.2, -0.15) is 0 Å². The molecule has 1 aliphatic carbocycles. The fourth-order valence-electron chi connectivity index (χ4n) is 4.17. The molecule has 1 heterocycles. The highest BCUT2D eigenvalue weighted by molar-refractivity contribution is 5.82. The van der Waals surface area contributed by atoms with Crippen molar-refractivity contribution >= 4 is 40.9 Å². The van der Waals surface area contributed by atoms with Crippen LogP contribution in [-0.4, -0.2) is 48.0 Å². The number of benzene rings is 2. The summed E-state index contributed by atoms with van der Waals surface area (Å²) in [4.78, 5) is 34.7. The van der Waals surface area contributed by atoms with Gasteiger partial charge in [0.25, 0.3) is 0 Å². The average molecular weight is 507 g/mol. The molecule has 1 aliphatic rings. The van der Waals surface area contributed by atoms with Gasteiger partial charge in [0, 0.05) is 43.1 Å². The number of fused-ring (bicyclic) bond motifs is 1. The van der Waals surface area contributed by atoms with E-state index in [9.17, 15) is 18.4 Å². The molecule has 0 bridgehead atoms. The van der Waals surface area contributed by atoms with Crippen molar-refractivity contribution in [3.8, 4) is 11.8 Å². The number of anilines is 1. The minimum absolute atomic E-state index is 0.205. The lowest BCUT2D eigenvalue weighted by Gasteiger charge is -2.27. The van der Waals surface area contributed by atoms with E-state index in [2.05, 4.69) is 42.8 Å². The van der Waals surface area contributed by atoms with E-state index in [0.717, 1.165) is 27.8 Å². The van der Waals surface area contributed by atoms with Gasteiger partial charge in [0.15, 0.2) is 0 Å². The standard InChI is InChI=1S/C27H28F2N6O2/c1-30-23-14-18(2-3-19-5-7-22-24(15-19)35-25(34-22)16-31-17-36)4-6-21(23)32-12-13-33-26(37)20-8-10-27(28,29)11-9-20/h4-7,12,14-15,17,20,30H,8-11,13,16H2,1H3,(H,31,36)(H,33,37)(H,34,35). The molecule has 1 saturated carbocycles. The molecule has 4 rings (SSSR count). The lowest BCUT2D eigenvalue weighted by molar-refractivity contribution is -0.128. The van der Waals surface area contributed by atoms with Crippen LogP contribution in [0.3, 0.4) is 0 Å². The van der Waals surface area contributed by atoms with Crippen LogP contribution < -0.4 is 16.0 Å². The van der Waals surface area contributed by atoms with Crippen LogP contribution in [0.25, 0.3) is 11.0 Å². The van der Waals surface area contributed by atoms with E-state index in [1.54, 1.807) is 13.3 Å². The van der Waals surface area contributed by atoms with Crippen LogP contribution in [0.4, 0.5) is 20.2 Å². The Kier molecular flexibility index (Phi) is 8.13. The first kappa shape index (κ1) is 25.8. The summed E-state index contributed by atoms with van der Waals surface area (Å²) in [5.74, 6) is 3.74. The van der Waals surface area contributed by atoms with Crippen molar-refractivity contribution in [1.82, 2.24) is 20.6 Å². The second kappa shape index (κ2) is 11.6. The van der Waals surface area contributed by atoms with Crippen molar-refractivity contribution in [1.29, 1.82) is 0 Å². The number of aliphatic imine (C=N–C) groups is 1. The normalized spacial score (nSPS) is 15.2. The summed E-state index contributed by atoms with van der Waals surface area (Å²) in [6.45, 7) is 0.550. The third kappa shape index (κ3) is 6.91. The van der Waals surface area contributed by atoms with Gasteiger partial charge in [0.1, 0.15) is 5.82 Å². The minimum atomic E-state index is -2.65. The highest BCUT2D eigenvalue weighted by atomic mass is 19.3. The lowest BCUT2D eigenvalue weighted by Crippen LogP contribution is -2.36. The highest BCUT2D eigenvalue weighted by Crippen LogP contribution is 2.36. The van der Waals surface area contributed by atoms with Crippen LogP contribution in [0.5, 0.6) is 0 Å². The molecule has 37 heavy (non-hydrogen) atoms. The van der Waals surface area contributed by atoms with Crippen LogP contribution in [0.15, 0.2) is 41.4 Å². The van der Waals surface area contributed by atoms with Crippen molar-refractivity contribution in [3.05, 3.63) is 53.3 Å². The fourth-order valence-corrected chi connectivity index (χ4v) is 4.17. The summed E-state index contributed by atoms with van der Waals surface area (Å²) in [6, 6.07) is 11.3. The molecule has 192 valence electrons. The van der Waals surface area contributed by atoms with Gasteiger partial charge in [0.2, 0.25) is 18.2 Å². The van der Waals surface area contributed by atoms with Crippen molar-refractivity contribution in [2.24, 2.45) is 10.9 Å². The SMILES string of the molecule is CNc1cc(C#Cc2ccc3nc(CNC=O)[nH]c3c2)ccc1N=CCNC(=O)C1CCC(F)(F)CC1. The Labute approximate surface area is 213 Å². The van der Waals surface area contributed by atoms with Gasteiger partial charge in [-0.25, -0.2) is 13.8 Å². The zero-order valence-corrected chi connectivity index (χ0v) is 20.4. The van der Waals surface area contributed by atoms with E-state index in [1.807, 2.05) is 36.4 Å². The molecular formula is C27H28F2N6O2. The van der Waals surface area contributed by atoms with E-state index < -0.39 is 5.92 Å². The molecule has 10 heteroatoms. The van der Waals surface area contributed by atoms with Crippen LogP contribution >= 0.6 is 0 Å². The predicted octanol–water partition coefficient (Wildman–Crippen LogP) is 3.89. The molecule has 4 N–H and O–H groups in total. The number of nitrogens with zero attached hydrogens (tertiary/aromatic N) is 2. The van der Waals surface area contributed by atoms with Crippen LogP contribution in [0.2, 0.25) is 0 Å². The maximum atomic E-state index is 13.3. The Morgan fingerprint density at radius 2 is 1.92 bits per heavy atom. The number of hydrogen-bond donors (Lipinski definition) is 4. The Hall–Kier alpha value is -4.26. The molecule has 0 radical (unpaired) electrons. The molecule has 8 nitrogen and oxygen atoms in total. The van der Waals surface area contributed by atoms with Crippen molar-refractivity contribution in [3.63, 3.8) is 0 Å². The van der Waals surface area contributed by atoms with E-state index in [-0.39, 0.29) is 44.1 Å². The maximum Gasteiger partial charge on any atom is 0.248 e. The first-order valence-corrected chi connectivity index (χ1v) is 12.0. The number of nitrogens with one attached hydrogen (secondary N) is 4. The fraction of sp³-hybridized carbons (Fsp3) is 0.333. The maximum absolute atomic E-state index is 13.3. The second-order valence-electron chi connectivity index (χ2n) is 8.83. The predicted molar refractivity (Wildman–Crippen MR) is 139 cm³/mol. The smallest absolute Gasteiger partial charge is 0.248 e. The zero-order chi connectivity index (χ0) is 26.3. The number of aromatic amines is 1. The summed E-state index contributed by atoms with van der Waals surface area (Å²) < 4.78 is 26.6. The van der Waals surface area contributed by atoms with Crippen molar-refractivity contribution < 1.29 is 18.4 Å². The van der Waals surface area contributed by atoms with Crippen LogP contribution in [0, 0.1) is 17.8 Å². The average Bonchev–Trinajstić information content (AvgIpc) is 3.31. The Balaban J connectivity index is 1.36. The first-order chi connectivity index (χ1) is 17.9. The van der Waals surface area contributed by atoms with Gasteiger partial charge in [-0.3, -0.25) is 14.6 Å². The number of hydrogen-bond acceptors (Lipinski definition) is 5. The number of aromatic nitrogens is 2. The first-order valence-electron chi connectivity index (χ1n) is 12.0.